The highest BCUT2D eigenvalue weighted by Crippen LogP contribution is 2.12. The van der Waals surface area contributed by atoms with E-state index in [0.717, 1.165) is 5.69 Å². The molecule has 0 amide bonds. The molecule has 2 aromatic rings. The quantitative estimate of drug-likeness (QED) is 0.789. The average molecular weight is 257 g/mol. The highest BCUT2D eigenvalue weighted by atomic mass is 35.7. The lowest BCUT2D eigenvalue weighted by molar-refractivity contribution is 0.609. The van der Waals surface area contributed by atoms with Crippen molar-refractivity contribution in [3.05, 3.63) is 48.3 Å². The first-order valence-corrected chi connectivity index (χ1v) is 7.04. The van der Waals surface area contributed by atoms with Gasteiger partial charge in [0.05, 0.1) is 11.4 Å². The first-order valence-electron chi connectivity index (χ1n) is 4.56. The molecule has 0 unspecified atom stereocenters. The Morgan fingerprint density at radius 3 is 2.44 bits per heavy atom. The van der Waals surface area contributed by atoms with Gasteiger partial charge in [-0.05, 0) is 23.8 Å². The standard InChI is InChI=1S/C10H9ClN2O2S/c11-16(14,15)8-9-2-4-10(5-3-9)13-7-1-6-12-13/h1-7H,8H2. The summed E-state index contributed by atoms with van der Waals surface area (Å²) in [5.41, 5.74) is 1.53. The van der Waals surface area contributed by atoms with Gasteiger partial charge in [0.2, 0.25) is 9.05 Å². The SMILES string of the molecule is O=S(=O)(Cl)Cc1ccc(-n2cccn2)cc1. The van der Waals surface area contributed by atoms with E-state index in [4.69, 9.17) is 10.7 Å². The van der Waals surface area contributed by atoms with Crippen LogP contribution in [0.1, 0.15) is 5.56 Å². The molecule has 0 radical (unpaired) electrons. The molecule has 84 valence electrons. The third-order valence-corrected chi connectivity index (χ3v) is 3.05. The lowest BCUT2D eigenvalue weighted by Crippen LogP contribution is -1.97. The third-order valence-electron chi connectivity index (χ3n) is 2.04. The molecule has 0 atom stereocenters. The molecule has 1 heterocycles. The van der Waals surface area contributed by atoms with Crippen LogP contribution in [-0.4, -0.2) is 18.2 Å². The molecule has 0 fully saturated rings. The summed E-state index contributed by atoms with van der Waals surface area (Å²) in [6, 6.07) is 8.85. The molecule has 0 spiro atoms. The summed E-state index contributed by atoms with van der Waals surface area (Å²) >= 11 is 0. The van der Waals surface area contributed by atoms with Crippen molar-refractivity contribution in [2.45, 2.75) is 5.75 Å². The fourth-order valence-electron chi connectivity index (χ4n) is 1.37. The molecule has 16 heavy (non-hydrogen) atoms. The number of rotatable bonds is 3. The highest BCUT2D eigenvalue weighted by Gasteiger charge is 2.06. The van der Waals surface area contributed by atoms with Crippen molar-refractivity contribution in [1.29, 1.82) is 0 Å². The van der Waals surface area contributed by atoms with E-state index in [1.165, 1.54) is 0 Å². The molecule has 1 aromatic heterocycles. The van der Waals surface area contributed by atoms with Gasteiger partial charge in [0.1, 0.15) is 0 Å². The Balaban J connectivity index is 2.24. The largest absolute Gasteiger partial charge is 0.241 e. The van der Waals surface area contributed by atoms with Crippen LogP contribution in [0, 0.1) is 0 Å². The van der Waals surface area contributed by atoms with E-state index < -0.39 is 9.05 Å². The van der Waals surface area contributed by atoms with Crippen molar-refractivity contribution in [2.24, 2.45) is 0 Å². The molecular formula is C10H9ClN2O2S. The molecule has 1 aromatic carbocycles. The Hall–Kier alpha value is -1.33. The first kappa shape index (κ1) is 11.2. The number of aromatic nitrogens is 2. The average Bonchev–Trinajstić information content (AvgIpc) is 2.69. The lowest BCUT2D eigenvalue weighted by atomic mass is 10.2. The lowest BCUT2D eigenvalue weighted by Gasteiger charge is -2.02. The van der Waals surface area contributed by atoms with E-state index in [0.29, 0.717) is 5.56 Å². The molecule has 0 bridgehead atoms. The van der Waals surface area contributed by atoms with Gasteiger partial charge in [0.25, 0.3) is 0 Å². The van der Waals surface area contributed by atoms with E-state index >= 15 is 0 Å². The third kappa shape index (κ3) is 2.84. The predicted molar refractivity (Wildman–Crippen MR) is 62.0 cm³/mol. The smallest absolute Gasteiger partial charge is 0.236 e. The van der Waals surface area contributed by atoms with Crippen LogP contribution >= 0.6 is 10.7 Å². The van der Waals surface area contributed by atoms with Crippen LogP contribution in [0.5, 0.6) is 0 Å². The van der Waals surface area contributed by atoms with Crippen molar-refractivity contribution >= 4 is 19.7 Å². The van der Waals surface area contributed by atoms with E-state index in [-0.39, 0.29) is 5.75 Å². The van der Waals surface area contributed by atoms with E-state index in [1.54, 1.807) is 35.1 Å². The van der Waals surface area contributed by atoms with Crippen molar-refractivity contribution in [3.8, 4) is 5.69 Å². The summed E-state index contributed by atoms with van der Waals surface area (Å²) in [6.07, 6.45) is 3.49. The molecule has 0 aliphatic rings. The number of halogens is 1. The van der Waals surface area contributed by atoms with Gasteiger partial charge in [0.15, 0.2) is 0 Å². The minimum atomic E-state index is -3.49. The zero-order chi connectivity index (χ0) is 11.6. The number of nitrogens with zero attached hydrogens (tertiary/aromatic N) is 2. The summed E-state index contributed by atoms with van der Waals surface area (Å²) in [6.45, 7) is 0. The monoisotopic (exact) mass is 256 g/mol. The van der Waals surface area contributed by atoms with Crippen molar-refractivity contribution < 1.29 is 8.42 Å². The van der Waals surface area contributed by atoms with E-state index in [2.05, 4.69) is 5.10 Å². The molecule has 0 N–H and O–H groups in total. The van der Waals surface area contributed by atoms with Crippen LogP contribution in [0.15, 0.2) is 42.7 Å². The van der Waals surface area contributed by atoms with Crippen molar-refractivity contribution in [3.63, 3.8) is 0 Å². The fourth-order valence-corrected chi connectivity index (χ4v) is 2.33. The van der Waals surface area contributed by atoms with Crippen LogP contribution in [0.2, 0.25) is 0 Å². The molecule has 0 saturated heterocycles. The Labute approximate surface area is 97.9 Å². The van der Waals surface area contributed by atoms with Crippen molar-refractivity contribution in [2.75, 3.05) is 0 Å². The molecule has 4 nitrogen and oxygen atoms in total. The number of benzene rings is 1. The fraction of sp³-hybridized carbons (Fsp3) is 0.100. The summed E-state index contributed by atoms with van der Waals surface area (Å²) < 4.78 is 23.4. The molecular weight excluding hydrogens is 248 g/mol. The summed E-state index contributed by atoms with van der Waals surface area (Å²) in [5, 5.41) is 4.06. The molecule has 0 aliphatic heterocycles. The van der Waals surface area contributed by atoms with Gasteiger partial charge in [-0.25, -0.2) is 13.1 Å². The first-order chi connectivity index (χ1) is 7.54. The van der Waals surface area contributed by atoms with Gasteiger partial charge in [0, 0.05) is 23.1 Å². The molecule has 0 saturated carbocycles. The second-order valence-corrected chi connectivity index (χ2v) is 6.08. The Kier molecular flexibility index (Phi) is 2.98. The zero-order valence-electron chi connectivity index (χ0n) is 8.25. The molecule has 2 rings (SSSR count). The minimum Gasteiger partial charge on any atom is -0.241 e. The minimum absolute atomic E-state index is 0.159. The van der Waals surface area contributed by atoms with Crippen LogP contribution in [0.25, 0.3) is 5.69 Å². The van der Waals surface area contributed by atoms with Gasteiger partial charge in [-0.15, -0.1) is 0 Å². The van der Waals surface area contributed by atoms with Gasteiger partial charge >= 0.3 is 0 Å². The summed E-state index contributed by atoms with van der Waals surface area (Å²) in [7, 11) is 1.67. The summed E-state index contributed by atoms with van der Waals surface area (Å²) in [4.78, 5) is 0. The Morgan fingerprint density at radius 2 is 1.94 bits per heavy atom. The van der Waals surface area contributed by atoms with Gasteiger partial charge in [-0.1, -0.05) is 12.1 Å². The number of hydrogen-bond acceptors (Lipinski definition) is 3. The topological polar surface area (TPSA) is 52.0 Å². The maximum absolute atomic E-state index is 10.9. The van der Waals surface area contributed by atoms with Gasteiger partial charge in [-0.3, -0.25) is 0 Å². The van der Waals surface area contributed by atoms with Crippen LogP contribution in [0.3, 0.4) is 0 Å². The predicted octanol–water partition coefficient (Wildman–Crippen LogP) is 1.94. The van der Waals surface area contributed by atoms with Crippen LogP contribution < -0.4 is 0 Å². The maximum atomic E-state index is 10.9. The van der Waals surface area contributed by atoms with Crippen LogP contribution in [0.4, 0.5) is 0 Å². The molecule has 6 heteroatoms. The van der Waals surface area contributed by atoms with Crippen molar-refractivity contribution in [1.82, 2.24) is 9.78 Å². The van der Waals surface area contributed by atoms with Gasteiger partial charge < -0.3 is 0 Å². The molecule has 0 aliphatic carbocycles. The maximum Gasteiger partial charge on any atom is 0.236 e. The highest BCUT2D eigenvalue weighted by molar-refractivity contribution is 8.13. The van der Waals surface area contributed by atoms with Gasteiger partial charge in [-0.2, -0.15) is 5.10 Å². The summed E-state index contributed by atoms with van der Waals surface area (Å²) in [5.74, 6) is -0.159. The normalized spacial score (nSPS) is 11.6. The Bertz CT molecular complexity index is 561. The van der Waals surface area contributed by atoms with E-state index in [9.17, 15) is 8.42 Å². The number of hydrogen-bond donors (Lipinski definition) is 0. The van der Waals surface area contributed by atoms with E-state index in [1.807, 2.05) is 12.3 Å². The second-order valence-electron chi connectivity index (χ2n) is 3.30. The second kappa shape index (κ2) is 4.27. The zero-order valence-corrected chi connectivity index (χ0v) is 9.82. The van der Waals surface area contributed by atoms with Crippen LogP contribution in [-0.2, 0) is 14.8 Å². The Morgan fingerprint density at radius 1 is 1.25 bits per heavy atom.